The number of amides is 2. The fraction of sp³-hybridized carbons (Fsp3) is 0.167. The van der Waals surface area contributed by atoms with E-state index in [-0.39, 0.29) is 23.8 Å². The molecule has 0 saturated heterocycles. The first kappa shape index (κ1) is 21.4. The van der Waals surface area contributed by atoms with Crippen molar-refractivity contribution in [3.63, 3.8) is 0 Å². The number of rotatable bonds is 5. The smallest absolute Gasteiger partial charge is 0.376 e. The van der Waals surface area contributed by atoms with Crippen molar-refractivity contribution in [3.05, 3.63) is 89.5 Å². The number of carbonyl (C=O) groups is 2. The highest BCUT2D eigenvalue weighted by Crippen LogP contribution is 2.37. The van der Waals surface area contributed by atoms with Crippen LogP contribution in [-0.2, 0) is 17.4 Å². The van der Waals surface area contributed by atoms with Gasteiger partial charge in [0.1, 0.15) is 0 Å². The lowest BCUT2D eigenvalue weighted by Gasteiger charge is -2.20. The van der Waals surface area contributed by atoms with Crippen molar-refractivity contribution in [1.82, 2.24) is 0 Å². The van der Waals surface area contributed by atoms with Crippen molar-refractivity contribution < 1.29 is 22.8 Å². The minimum atomic E-state index is -4.67. The van der Waals surface area contributed by atoms with Gasteiger partial charge in [0.2, 0.25) is 5.91 Å². The van der Waals surface area contributed by atoms with Gasteiger partial charge in [-0.3, -0.25) is 9.59 Å². The maximum atomic E-state index is 13.7. The molecule has 0 atom stereocenters. The summed E-state index contributed by atoms with van der Waals surface area (Å²) >= 11 is 0. The maximum absolute atomic E-state index is 13.7. The molecule has 2 N–H and O–H groups in total. The fourth-order valence-corrected chi connectivity index (χ4v) is 3.67. The third-order valence-electron chi connectivity index (χ3n) is 5.24. The number of halogens is 3. The van der Waals surface area contributed by atoms with E-state index in [2.05, 4.69) is 10.6 Å². The molecular weight excluding hydrogens is 419 g/mol. The highest BCUT2D eigenvalue weighted by atomic mass is 19.4. The average molecular weight is 439 g/mol. The predicted octanol–water partition coefficient (Wildman–Crippen LogP) is 4.96. The molecule has 164 valence electrons. The molecular formula is C24H20F3N3O2. The Balaban J connectivity index is 1.49. The monoisotopic (exact) mass is 439 g/mol. The number of fused-ring (bicyclic) bond motifs is 1. The summed E-state index contributed by atoms with van der Waals surface area (Å²) in [5.74, 6) is -0.827. The number of hydrogen-bond donors (Lipinski definition) is 2. The van der Waals surface area contributed by atoms with Gasteiger partial charge in [-0.15, -0.1) is 0 Å². The second-order valence-corrected chi connectivity index (χ2v) is 7.36. The molecule has 3 aromatic carbocycles. The molecule has 8 heteroatoms. The van der Waals surface area contributed by atoms with Crippen LogP contribution in [0.5, 0.6) is 0 Å². The van der Waals surface area contributed by atoms with Crippen LogP contribution >= 0.6 is 0 Å². The van der Waals surface area contributed by atoms with Crippen LogP contribution < -0.4 is 15.5 Å². The second-order valence-electron chi connectivity index (χ2n) is 7.36. The number of nitrogens with zero attached hydrogens (tertiary/aromatic N) is 1. The molecule has 0 aromatic heterocycles. The molecule has 0 bridgehead atoms. The van der Waals surface area contributed by atoms with Crippen molar-refractivity contribution in [2.45, 2.75) is 12.6 Å². The molecule has 3 aromatic rings. The lowest BCUT2D eigenvalue weighted by molar-refractivity contribution is -0.137. The van der Waals surface area contributed by atoms with Crippen LogP contribution in [0.1, 0.15) is 21.5 Å². The zero-order valence-electron chi connectivity index (χ0n) is 16.9. The van der Waals surface area contributed by atoms with Gasteiger partial charge in [0.05, 0.1) is 12.1 Å². The number of hydrogen-bond acceptors (Lipinski definition) is 3. The van der Waals surface area contributed by atoms with E-state index >= 15 is 0 Å². The van der Waals surface area contributed by atoms with Crippen LogP contribution in [0.3, 0.4) is 0 Å². The van der Waals surface area contributed by atoms with E-state index in [1.54, 1.807) is 35.2 Å². The first-order valence-corrected chi connectivity index (χ1v) is 10.0. The van der Waals surface area contributed by atoms with Gasteiger partial charge in [0.25, 0.3) is 5.91 Å². The quantitative estimate of drug-likeness (QED) is 0.591. The molecule has 0 saturated carbocycles. The Kier molecular flexibility index (Phi) is 5.85. The van der Waals surface area contributed by atoms with Gasteiger partial charge in [0.15, 0.2) is 0 Å². The summed E-state index contributed by atoms with van der Waals surface area (Å²) in [4.78, 5) is 26.5. The number of carbonyl (C=O) groups excluding carboxylic acids is 2. The van der Waals surface area contributed by atoms with Gasteiger partial charge < -0.3 is 15.5 Å². The van der Waals surface area contributed by atoms with E-state index in [0.29, 0.717) is 18.5 Å². The van der Waals surface area contributed by atoms with Crippen LogP contribution in [-0.4, -0.2) is 24.9 Å². The van der Waals surface area contributed by atoms with Gasteiger partial charge in [-0.2, -0.15) is 13.2 Å². The summed E-state index contributed by atoms with van der Waals surface area (Å²) in [6, 6.07) is 19.1. The molecule has 5 nitrogen and oxygen atoms in total. The van der Waals surface area contributed by atoms with E-state index in [4.69, 9.17) is 0 Å². The van der Waals surface area contributed by atoms with Crippen molar-refractivity contribution in [1.29, 1.82) is 0 Å². The summed E-state index contributed by atoms with van der Waals surface area (Å²) in [5.41, 5.74) is 0.981. The Morgan fingerprint density at radius 2 is 1.66 bits per heavy atom. The summed E-state index contributed by atoms with van der Waals surface area (Å²) in [5, 5.41) is 5.09. The van der Waals surface area contributed by atoms with E-state index in [0.717, 1.165) is 17.3 Å². The third-order valence-corrected chi connectivity index (χ3v) is 5.24. The normalized spacial score (nSPS) is 12.9. The molecule has 2 amide bonds. The SMILES string of the molecule is O=C(Nc1ccc(NCC(=O)N2CCc3ccccc32)c(C(F)(F)F)c1)c1ccccc1. The van der Waals surface area contributed by atoms with Crippen molar-refractivity contribution in [2.24, 2.45) is 0 Å². The molecule has 32 heavy (non-hydrogen) atoms. The van der Waals surface area contributed by atoms with Crippen molar-refractivity contribution >= 4 is 28.9 Å². The molecule has 1 heterocycles. The van der Waals surface area contributed by atoms with Gasteiger partial charge in [-0.25, -0.2) is 0 Å². The van der Waals surface area contributed by atoms with Crippen LogP contribution in [0.4, 0.5) is 30.2 Å². The predicted molar refractivity (Wildman–Crippen MR) is 117 cm³/mol. The van der Waals surface area contributed by atoms with E-state index in [1.807, 2.05) is 24.3 Å². The number of nitrogens with one attached hydrogen (secondary N) is 2. The Hall–Kier alpha value is -3.81. The zero-order chi connectivity index (χ0) is 22.7. The average Bonchev–Trinajstić information content (AvgIpc) is 3.22. The Morgan fingerprint density at radius 1 is 0.938 bits per heavy atom. The first-order valence-electron chi connectivity index (χ1n) is 10.0. The Bertz CT molecular complexity index is 1150. The van der Waals surface area contributed by atoms with E-state index in [1.165, 1.54) is 12.1 Å². The third kappa shape index (κ3) is 4.59. The lowest BCUT2D eigenvalue weighted by atomic mass is 10.1. The number of benzene rings is 3. The minimum Gasteiger partial charge on any atom is -0.376 e. The summed E-state index contributed by atoms with van der Waals surface area (Å²) in [6.45, 7) is 0.212. The van der Waals surface area contributed by atoms with Gasteiger partial charge >= 0.3 is 6.18 Å². The lowest BCUT2D eigenvalue weighted by Crippen LogP contribution is -2.34. The molecule has 0 spiro atoms. The summed E-state index contributed by atoms with van der Waals surface area (Å²) < 4.78 is 41.0. The summed E-state index contributed by atoms with van der Waals surface area (Å²) in [6.07, 6.45) is -3.95. The molecule has 4 rings (SSSR count). The molecule has 1 aliphatic rings. The van der Waals surface area contributed by atoms with Crippen LogP contribution in [0.25, 0.3) is 0 Å². The zero-order valence-corrected chi connectivity index (χ0v) is 16.9. The number of anilines is 3. The standard InChI is InChI=1S/C24H20F3N3O2/c25-24(26,27)19-14-18(29-23(32)17-7-2-1-3-8-17)10-11-20(19)28-15-22(31)30-13-12-16-6-4-5-9-21(16)30/h1-11,14,28H,12-13,15H2,(H,29,32). The summed E-state index contributed by atoms with van der Waals surface area (Å²) in [7, 11) is 0. The van der Waals surface area contributed by atoms with E-state index < -0.39 is 17.6 Å². The van der Waals surface area contributed by atoms with Gasteiger partial charge in [-0.05, 0) is 48.4 Å². The fourth-order valence-electron chi connectivity index (χ4n) is 3.67. The molecule has 0 radical (unpaired) electrons. The van der Waals surface area contributed by atoms with Crippen molar-refractivity contribution in [2.75, 3.05) is 28.6 Å². The topological polar surface area (TPSA) is 61.4 Å². The van der Waals surface area contributed by atoms with Crippen molar-refractivity contribution in [3.8, 4) is 0 Å². The maximum Gasteiger partial charge on any atom is 0.418 e. The molecule has 0 aliphatic carbocycles. The van der Waals surface area contributed by atoms with Gasteiger partial charge in [0, 0.05) is 29.2 Å². The highest BCUT2D eigenvalue weighted by molar-refractivity contribution is 6.04. The van der Waals surface area contributed by atoms with Gasteiger partial charge in [-0.1, -0.05) is 36.4 Å². The van der Waals surface area contributed by atoms with Crippen LogP contribution in [0, 0.1) is 0 Å². The minimum absolute atomic E-state index is 0.0107. The van der Waals surface area contributed by atoms with Crippen LogP contribution in [0.2, 0.25) is 0 Å². The Labute approximate surface area is 182 Å². The van der Waals surface area contributed by atoms with Crippen LogP contribution in [0.15, 0.2) is 72.8 Å². The molecule has 0 unspecified atom stereocenters. The number of para-hydroxylation sites is 1. The first-order chi connectivity index (χ1) is 15.3. The highest BCUT2D eigenvalue weighted by Gasteiger charge is 2.34. The molecule has 1 aliphatic heterocycles. The Morgan fingerprint density at radius 3 is 2.41 bits per heavy atom. The van der Waals surface area contributed by atoms with E-state index in [9.17, 15) is 22.8 Å². The number of alkyl halides is 3. The molecule has 0 fully saturated rings. The largest absolute Gasteiger partial charge is 0.418 e. The second kappa shape index (κ2) is 8.74.